The molecule has 0 bridgehead atoms. The number of Topliss-reactive ketones (excluding diaryl/α,β-unsaturated/α-hetero) is 2. The first-order chi connectivity index (χ1) is 13.6. The smallest absolute Gasteiger partial charge is 0.211 e. The molecule has 1 aliphatic carbocycles. The van der Waals surface area contributed by atoms with Gasteiger partial charge in [0.05, 0.1) is 0 Å². The second-order valence-electron chi connectivity index (χ2n) is 5.96. The molecule has 0 amide bonds. The standard InChI is InChI=1S/C21H14ClN3O2S/c22-18-19(21(27)16-9-2-1-8-15(16)20(18)26)24-13-6-5-7-14(12-13)28-25-17-10-3-4-11-23-17/h1-12,24H,(H,23,25). The van der Waals surface area contributed by atoms with Crippen molar-refractivity contribution < 1.29 is 9.59 Å². The first-order valence-corrected chi connectivity index (χ1v) is 9.62. The summed E-state index contributed by atoms with van der Waals surface area (Å²) in [5, 5.41) is 2.91. The summed E-state index contributed by atoms with van der Waals surface area (Å²) in [5.74, 6) is 0.0767. The normalized spacial score (nSPS) is 13.3. The van der Waals surface area contributed by atoms with Gasteiger partial charge in [0.1, 0.15) is 16.5 Å². The Morgan fingerprint density at radius 3 is 2.36 bits per heavy atom. The number of anilines is 2. The number of carbonyl (C=O) groups excluding carboxylic acids is 2. The molecule has 2 aromatic carbocycles. The van der Waals surface area contributed by atoms with Crippen LogP contribution >= 0.6 is 23.5 Å². The van der Waals surface area contributed by atoms with Gasteiger partial charge in [-0.25, -0.2) is 4.98 Å². The SMILES string of the molecule is O=C1C(Cl)=C(Nc2cccc(SNc3ccccn3)c2)C(=O)c2ccccc21. The monoisotopic (exact) mass is 407 g/mol. The maximum Gasteiger partial charge on any atom is 0.211 e. The van der Waals surface area contributed by atoms with Gasteiger partial charge in [0, 0.05) is 27.9 Å². The molecule has 28 heavy (non-hydrogen) atoms. The van der Waals surface area contributed by atoms with E-state index in [-0.39, 0.29) is 22.3 Å². The Labute approximate surface area is 171 Å². The number of nitrogens with zero attached hydrogens (tertiary/aromatic N) is 1. The summed E-state index contributed by atoms with van der Waals surface area (Å²) >= 11 is 7.59. The van der Waals surface area contributed by atoms with Gasteiger partial charge in [0.15, 0.2) is 0 Å². The van der Waals surface area contributed by atoms with Gasteiger partial charge in [0.2, 0.25) is 11.6 Å². The number of fused-ring (bicyclic) bond motifs is 1. The van der Waals surface area contributed by atoms with E-state index in [9.17, 15) is 9.59 Å². The summed E-state index contributed by atoms with van der Waals surface area (Å²) in [4.78, 5) is 30.4. The van der Waals surface area contributed by atoms with Gasteiger partial charge in [-0.2, -0.15) is 0 Å². The van der Waals surface area contributed by atoms with Crippen LogP contribution in [-0.2, 0) is 0 Å². The van der Waals surface area contributed by atoms with Crippen LogP contribution in [0.5, 0.6) is 0 Å². The van der Waals surface area contributed by atoms with Crippen LogP contribution in [0.2, 0.25) is 0 Å². The minimum Gasteiger partial charge on any atom is -0.351 e. The fourth-order valence-corrected chi connectivity index (χ4v) is 3.68. The fraction of sp³-hybridized carbons (Fsp3) is 0. The third kappa shape index (κ3) is 3.65. The topological polar surface area (TPSA) is 71.1 Å². The Morgan fingerprint density at radius 1 is 0.857 bits per heavy atom. The van der Waals surface area contributed by atoms with Crippen molar-refractivity contribution in [2.24, 2.45) is 0 Å². The van der Waals surface area contributed by atoms with Crippen LogP contribution in [0, 0.1) is 0 Å². The first-order valence-electron chi connectivity index (χ1n) is 8.42. The summed E-state index contributed by atoms with van der Waals surface area (Å²) in [6.07, 6.45) is 1.71. The number of pyridine rings is 1. The number of nitrogens with one attached hydrogen (secondary N) is 2. The molecule has 0 fully saturated rings. The number of hydrogen-bond donors (Lipinski definition) is 2. The minimum absolute atomic E-state index is 0.0881. The van der Waals surface area contributed by atoms with Crippen molar-refractivity contribution in [2.75, 3.05) is 10.0 Å². The molecule has 5 nitrogen and oxygen atoms in total. The summed E-state index contributed by atoms with van der Waals surface area (Å²) in [5.41, 5.74) is 1.42. The zero-order valence-electron chi connectivity index (χ0n) is 14.5. The van der Waals surface area contributed by atoms with E-state index in [4.69, 9.17) is 11.6 Å². The number of carbonyl (C=O) groups is 2. The number of aromatic nitrogens is 1. The van der Waals surface area contributed by atoms with Gasteiger partial charge in [-0.1, -0.05) is 48.0 Å². The zero-order valence-corrected chi connectivity index (χ0v) is 16.1. The fourth-order valence-electron chi connectivity index (χ4n) is 2.77. The highest BCUT2D eigenvalue weighted by atomic mass is 35.5. The lowest BCUT2D eigenvalue weighted by molar-refractivity contribution is 0.0982. The van der Waals surface area contributed by atoms with Crippen LogP contribution in [0.3, 0.4) is 0 Å². The van der Waals surface area contributed by atoms with Gasteiger partial charge in [-0.3, -0.25) is 9.59 Å². The van der Waals surface area contributed by atoms with Crippen molar-refractivity contribution in [1.29, 1.82) is 0 Å². The number of allylic oxidation sites excluding steroid dienone is 2. The molecule has 138 valence electrons. The molecule has 1 heterocycles. The molecule has 0 saturated heterocycles. The summed E-state index contributed by atoms with van der Waals surface area (Å²) in [7, 11) is 0. The highest BCUT2D eigenvalue weighted by Gasteiger charge is 2.31. The van der Waals surface area contributed by atoms with Crippen molar-refractivity contribution >= 4 is 46.6 Å². The van der Waals surface area contributed by atoms with Crippen LogP contribution < -0.4 is 10.0 Å². The van der Waals surface area contributed by atoms with E-state index in [1.165, 1.54) is 11.9 Å². The molecule has 4 rings (SSSR count). The Morgan fingerprint density at radius 2 is 1.61 bits per heavy atom. The highest BCUT2D eigenvalue weighted by molar-refractivity contribution is 8.00. The van der Waals surface area contributed by atoms with Crippen molar-refractivity contribution in [1.82, 2.24) is 4.98 Å². The molecule has 1 aromatic heterocycles. The second-order valence-corrected chi connectivity index (χ2v) is 7.22. The second kappa shape index (κ2) is 7.88. The number of halogens is 1. The minimum atomic E-state index is -0.360. The molecular weight excluding hydrogens is 394 g/mol. The van der Waals surface area contributed by atoms with Gasteiger partial charge < -0.3 is 10.0 Å². The van der Waals surface area contributed by atoms with Gasteiger partial charge >= 0.3 is 0 Å². The lowest BCUT2D eigenvalue weighted by atomic mass is 9.92. The maximum absolute atomic E-state index is 12.8. The molecule has 0 radical (unpaired) electrons. The van der Waals surface area contributed by atoms with Crippen LogP contribution in [-0.4, -0.2) is 16.6 Å². The molecule has 7 heteroatoms. The first kappa shape index (κ1) is 18.3. The molecular formula is C21H14ClN3O2S. The largest absolute Gasteiger partial charge is 0.351 e. The van der Waals surface area contributed by atoms with Crippen LogP contribution in [0.4, 0.5) is 11.5 Å². The van der Waals surface area contributed by atoms with Crippen LogP contribution in [0.1, 0.15) is 20.7 Å². The molecule has 1 aliphatic rings. The Hall–Kier alpha value is -3.09. The van der Waals surface area contributed by atoms with E-state index in [1.54, 1.807) is 36.5 Å². The van der Waals surface area contributed by atoms with E-state index in [2.05, 4.69) is 15.0 Å². The summed E-state index contributed by atoms with van der Waals surface area (Å²) < 4.78 is 3.15. The van der Waals surface area contributed by atoms with Crippen molar-refractivity contribution in [3.63, 3.8) is 0 Å². The van der Waals surface area contributed by atoms with E-state index in [0.29, 0.717) is 16.8 Å². The summed E-state index contributed by atoms with van der Waals surface area (Å²) in [6, 6.07) is 19.7. The highest BCUT2D eigenvalue weighted by Crippen LogP contribution is 2.30. The quantitative estimate of drug-likeness (QED) is 0.570. The molecule has 0 saturated carbocycles. The van der Waals surface area contributed by atoms with Crippen molar-refractivity contribution in [3.05, 3.63) is 94.8 Å². The predicted octanol–water partition coefficient (Wildman–Crippen LogP) is 5.14. The number of rotatable bonds is 5. The third-order valence-corrected chi connectivity index (χ3v) is 5.27. The Bertz CT molecular complexity index is 1100. The molecule has 0 atom stereocenters. The van der Waals surface area contributed by atoms with Gasteiger partial charge in [-0.05, 0) is 42.3 Å². The van der Waals surface area contributed by atoms with Crippen molar-refractivity contribution in [2.45, 2.75) is 4.90 Å². The number of ketones is 2. The number of hydrogen-bond acceptors (Lipinski definition) is 6. The Balaban J connectivity index is 1.55. The zero-order chi connectivity index (χ0) is 19.5. The van der Waals surface area contributed by atoms with E-state index in [1.807, 2.05) is 36.4 Å². The Kier molecular flexibility index (Phi) is 5.14. The van der Waals surface area contributed by atoms with Crippen LogP contribution in [0.25, 0.3) is 0 Å². The average molecular weight is 408 g/mol. The van der Waals surface area contributed by atoms with E-state index >= 15 is 0 Å². The summed E-state index contributed by atoms with van der Waals surface area (Å²) in [6.45, 7) is 0. The molecule has 2 N–H and O–H groups in total. The average Bonchev–Trinajstić information content (AvgIpc) is 2.75. The third-order valence-electron chi connectivity index (χ3n) is 4.10. The lowest BCUT2D eigenvalue weighted by Crippen LogP contribution is -2.24. The van der Waals surface area contributed by atoms with E-state index in [0.717, 1.165) is 10.7 Å². The molecule has 0 aliphatic heterocycles. The molecule has 0 spiro atoms. The predicted molar refractivity (Wildman–Crippen MR) is 112 cm³/mol. The number of benzene rings is 2. The van der Waals surface area contributed by atoms with Crippen LogP contribution in [0.15, 0.2) is 88.6 Å². The molecule has 3 aromatic rings. The van der Waals surface area contributed by atoms with Gasteiger partial charge in [-0.15, -0.1) is 0 Å². The van der Waals surface area contributed by atoms with Crippen molar-refractivity contribution in [3.8, 4) is 0 Å². The maximum atomic E-state index is 12.8. The lowest BCUT2D eigenvalue weighted by Gasteiger charge is -2.19. The van der Waals surface area contributed by atoms with Gasteiger partial charge in [0.25, 0.3) is 0 Å². The van der Waals surface area contributed by atoms with E-state index < -0.39 is 0 Å². The molecule has 0 unspecified atom stereocenters.